The zero-order chi connectivity index (χ0) is 14.2. The number of nitrogens with one attached hydrogen (secondary N) is 1. The van der Waals surface area contributed by atoms with E-state index < -0.39 is 0 Å². The summed E-state index contributed by atoms with van der Waals surface area (Å²) in [5, 5.41) is 3.64. The molecule has 2 unspecified atom stereocenters. The van der Waals surface area contributed by atoms with Crippen molar-refractivity contribution in [3.05, 3.63) is 0 Å². The zero-order valence-corrected chi connectivity index (χ0v) is 13.7. The fourth-order valence-corrected chi connectivity index (χ4v) is 5.11. The van der Waals surface area contributed by atoms with Crippen LogP contribution < -0.4 is 5.32 Å². The molecule has 1 N–H and O–H groups in total. The molecule has 0 spiro atoms. The van der Waals surface area contributed by atoms with Crippen molar-refractivity contribution >= 4 is 17.7 Å². The van der Waals surface area contributed by atoms with Gasteiger partial charge in [-0.3, -0.25) is 10.1 Å². The van der Waals surface area contributed by atoms with E-state index in [0.717, 1.165) is 13.0 Å². The van der Waals surface area contributed by atoms with Crippen molar-refractivity contribution in [3.8, 4) is 0 Å². The second-order valence-corrected chi connectivity index (χ2v) is 8.10. The molecule has 4 heteroatoms. The van der Waals surface area contributed by atoms with Crippen LogP contribution >= 0.6 is 11.8 Å². The van der Waals surface area contributed by atoms with Crippen molar-refractivity contribution in [2.24, 2.45) is 5.92 Å². The van der Waals surface area contributed by atoms with Gasteiger partial charge in [0.2, 0.25) is 5.91 Å². The minimum absolute atomic E-state index is 0.0691. The standard InChI is InChI=1S/C16H28N2OS/c1-3-13-15(19)18(11-16(20-2)9-6-10-16)14(17-13)12-7-4-5-8-12/h12-14,17H,3-11H2,1-2H3. The van der Waals surface area contributed by atoms with E-state index in [9.17, 15) is 4.79 Å². The van der Waals surface area contributed by atoms with E-state index in [1.54, 1.807) is 0 Å². The quantitative estimate of drug-likeness (QED) is 0.846. The largest absolute Gasteiger partial charge is 0.324 e. The van der Waals surface area contributed by atoms with Crippen LogP contribution in [0, 0.1) is 5.92 Å². The molecule has 3 fully saturated rings. The second-order valence-electron chi connectivity index (χ2n) is 6.82. The molecule has 3 rings (SSSR count). The number of hydrogen-bond donors (Lipinski definition) is 1. The molecule has 20 heavy (non-hydrogen) atoms. The third kappa shape index (κ3) is 2.50. The molecule has 1 aliphatic heterocycles. The number of carbonyl (C=O) groups excluding carboxylic acids is 1. The number of amides is 1. The first-order valence-corrected chi connectivity index (χ1v) is 9.53. The number of rotatable bonds is 5. The lowest BCUT2D eigenvalue weighted by atomic mass is 9.83. The van der Waals surface area contributed by atoms with Gasteiger partial charge >= 0.3 is 0 Å². The minimum Gasteiger partial charge on any atom is -0.324 e. The van der Waals surface area contributed by atoms with Crippen LogP contribution in [-0.4, -0.2) is 40.6 Å². The molecular formula is C16H28N2OS. The number of nitrogens with zero attached hydrogens (tertiary/aromatic N) is 1. The lowest BCUT2D eigenvalue weighted by Crippen LogP contribution is -2.51. The van der Waals surface area contributed by atoms with Crippen molar-refractivity contribution in [2.45, 2.75) is 75.2 Å². The van der Waals surface area contributed by atoms with Crippen LogP contribution in [0.3, 0.4) is 0 Å². The summed E-state index contributed by atoms with van der Waals surface area (Å²) in [6.45, 7) is 3.09. The third-order valence-electron chi connectivity index (χ3n) is 5.70. The summed E-state index contributed by atoms with van der Waals surface area (Å²) in [5.74, 6) is 1.05. The lowest BCUT2D eigenvalue weighted by molar-refractivity contribution is -0.131. The zero-order valence-electron chi connectivity index (χ0n) is 12.9. The topological polar surface area (TPSA) is 32.3 Å². The lowest BCUT2D eigenvalue weighted by Gasteiger charge is -2.44. The maximum atomic E-state index is 12.7. The highest BCUT2D eigenvalue weighted by Crippen LogP contribution is 2.45. The van der Waals surface area contributed by atoms with Gasteiger partial charge in [-0.2, -0.15) is 11.8 Å². The molecule has 3 aliphatic rings. The van der Waals surface area contributed by atoms with E-state index in [4.69, 9.17) is 0 Å². The summed E-state index contributed by atoms with van der Waals surface area (Å²) in [5.41, 5.74) is 0. The molecule has 114 valence electrons. The summed E-state index contributed by atoms with van der Waals surface area (Å²) in [6, 6.07) is 0.0691. The van der Waals surface area contributed by atoms with Gasteiger partial charge in [0.1, 0.15) is 0 Å². The van der Waals surface area contributed by atoms with Crippen molar-refractivity contribution in [1.82, 2.24) is 10.2 Å². The summed E-state index contributed by atoms with van der Waals surface area (Å²) in [4.78, 5) is 14.9. The van der Waals surface area contributed by atoms with Crippen LogP contribution in [0.25, 0.3) is 0 Å². The Morgan fingerprint density at radius 3 is 2.50 bits per heavy atom. The van der Waals surface area contributed by atoms with Gasteiger partial charge < -0.3 is 4.90 Å². The normalized spacial score (nSPS) is 33.7. The molecule has 0 bridgehead atoms. The van der Waals surface area contributed by atoms with Crippen LogP contribution in [0.2, 0.25) is 0 Å². The molecule has 0 aromatic rings. The van der Waals surface area contributed by atoms with Gasteiger partial charge in [-0.05, 0) is 44.3 Å². The minimum atomic E-state index is 0.0691. The molecule has 0 aromatic heterocycles. The van der Waals surface area contributed by atoms with Crippen molar-refractivity contribution in [1.29, 1.82) is 0 Å². The van der Waals surface area contributed by atoms with E-state index in [0.29, 0.717) is 22.7 Å². The van der Waals surface area contributed by atoms with Crippen LogP contribution in [0.5, 0.6) is 0 Å². The first kappa shape index (κ1) is 14.7. The van der Waals surface area contributed by atoms with Crippen molar-refractivity contribution < 1.29 is 4.79 Å². The molecular weight excluding hydrogens is 268 g/mol. The van der Waals surface area contributed by atoms with Gasteiger partial charge in [-0.1, -0.05) is 26.2 Å². The Bertz CT molecular complexity index is 358. The Hall–Kier alpha value is -0.220. The van der Waals surface area contributed by atoms with Gasteiger partial charge in [0.15, 0.2) is 0 Å². The molecule has 2 saturated carbocycles. The fourth-order valence-electron chi connectivity index (χ4n) is 4.15. The van der Waals surface area contributed by atoms with Crippen molar-refractivity contribution in [2.75, 3.05) is 12.8 Å². The van der Waals surface area contributed by atoms with Gasteiger partial charge in [0.25, 0.3) is 0 Å². The second kappa shape index (κ2) is 5.88. The van der Waals surface area contributed by atoms with Gasteiger partial charge in [-0.25, -0.2) is 0 Å². The van der Waals surface area contributed by atoms with Crippen LogP contribution in [0.4, 0.5) is 0 Å². The van der Waals surface area contributed by atoms with E-state index >= 15 is 0 Å². The van der Waals surface area contributed by atoms with Gasteiger partial charge in [0, 0.05) is 11.3 Å². The Kier molecular flexibility index (Phi) is 4.32. The van der Waals surface area contributed by atoms with E-state index in [1.807, 2.05) is 11.8 Å². The van der Waals surface area contributed by atoms with E-state index in [1.165, 1.54) is 44.9 Å². The Labute approximate surface area is 127 Å². The average molecular weight is 296 g/mol. The molecule has 3 nitrogen and oxygen atoms in total. The summed E-state index contributed by atoms with van der Waals surface area (Å²) >= 11 is 1.98. The SMILES string of the molecule is CCC1NC(C2CCCC2)N(CC2(SC)CCC2)C1=O. The fraction of sp³-hybridized carbons (Fsp3) is 0.938. The van der Waals surface area contributed by atoms with E-state index in [-0.39, 0.29) is 6.04 Å². The predicted molar refractivity (Wildman–Crippen MR) is 84.8 cm³/mol. The highest BCUT2D eigenvalue weighted by atomic mass is 32.2. The Morgan fingerprint density at radius 1 is 1.30 bits per heavy atom. The molecule has 2 atom stereocenters. The summed E-state index contributed by atoms with van der Waals surface area (Å²) < 4.78 is 0.358. The van der Waals surface area contributed by atoms with Gasteiger partial charge in [0.05, 0.1) is 12.2 Å². The average Bonchev–Trinajstić information content (AvgIpc) is 3.02. The summed E-state index contributed by atoms with van der Waals surface area (Å²) in [7, 11) is 0. The smallest absolute Gasteiger partial charge is 0.241 e. The number of hydrogen-bond acceptors (Lipinski definition) is 3. The first-order chi connectivity index (χ1) is 9.69. The van der Waals surface area contributed by atoms with E-state index in [2.05, 4.69) is 23.4 Å². The molecule has 0 aromatic carbocycles. The molecule has 1 saturated heterocycles. The predicted octanol–water partition coefficient (Wildman–Crippen LogP) is 3.00. The molecule has 2 aliphatic carbocycles. The summed E-state index contributed by atoms with van der Waals surface area (Å²) in [6.07, 6.45) is 12.6. The van der Waals surface area contributed by atoms with Crippen LogP contribution in [0.15, 0.2) is 0 Å². The number of carbonyl (C=O) groups is 1. The monoisotopic (exact) mass is 296 g/mol. The highest BCUT2D eigenvalue weighted by molar-refractivity contribution is 8.00. The molecule has 1 heterocycles. The highest BCUT2D eigenvalue weighted by Gasteiger charge is 2.47. The van der Waals surface area contributed by atoms with Crippen LogP contribution in [0.1, 0.15) is 58.3 Å². The van der Waals surface area contributed by atoms with Crippen LogP contribution in [-0.2, 0) is 4.79 Å². The maximum absolute atomic E-state index is 12.7. The molecule has 1 amide bonds. The maximum Gasteiger partial charge on any atom is 0.241 e. The van der Waals surface area contributed by atoms with Gasteiger partial charge in [-0.15, -0.1) is 0 Å². The van der Waals surface area contributed by atoms with Crippen molar-refractivity contribution in [3.63, 3.8) is 0 Å². The molecule has 0 radical (unpaired) electrons. The third-order valence-corrected chi connectivity index (χ3v) is 7.10. The Morgan fingerprint density at radius 2 is 2.00 bits per heavy atom. The Balaban J connectivity index is 1.74. The number of thioether (sulfide) groups is 1. The first-order valence-electron chi connectivity index (χ1n) is 8.31.